The van der Waals surface area contributed by atoms with Gasteiger partial charge in [-0.25, -0.2) is 9.78 Å². The summed E-state index contributed by atoms with van der Waals surface area (Å²) in [6, 6.07) is 8.64. The van der Waals surface area contributed by atoms with Crippen molar-refractivity contribution >= 4 is 22.8 Å². The number of para-hydroxylation sites is 1. The van der Waals surface area contributed by atoms with Crippen LogP contribution in [0.15, 0.2) is 35.1 Å². The van der Waals surface area contributed by atoms with Gasteiger partial charge in [-0.2, -0.15) is 0 Å². The van der Waals surface area contributed by atoms with Crippen LogP contribution < -0.4 is 5.56 Å². The summed E-state index contributed by atoms with van der Waals surface area (Å²) in [5.74, 6) is -0.660. The average Bonchev–Trinajstić information content (AvgIpc) is 2.96. The minimum absolute atomic E-state index is 0.0702. The third-order valence-corrected chi connectivity index (χ3v) is 4.68. The van der Waals surface area contributed by atoms with Gasteiger partial charge in [-0.3, -0.25) is 9.59 Å². The number of carbonyl (C=O) groups is 2. The van der Waals surface area contributed by atoms with Crippen molar-refractivity contribution in [2.75, 3.05) is 6.61 Å². The van der Waals surface area contributed by atoms with Crippen molar-refractivity contribution in [2.45, 2.75) is 40.3 Å². The van der Waals surface area contributed by atoms with Crippen molar-refractivity contribution < 1.29 is 19.1 Å². The smallest absolute Gasteiger partial charge is 0.339 e. The molecule has 0 aliphatic heterocycles. The lowest BCUT2D eigenvalue weighted by Gasteiger charge is -2.15. The number of H-pyrrole nitrogens is 1. The number of fused-ring (bicyclic) bond motifs is 1. The number of hydrogen-bond donors (Lipinski definition) is 1. The molecule has 0 saturated heterocycles. The summed E-state index contributed by atoms with van der Waals surface area (Å²) in [5.41, 5.74) is 2.04. The van der Waals surface area contributed by atoms with Crippen molar-refractivity contribution in [1.82, 2.24) is 14.5 Å². The quantitative estimate of drug-likeness (QED) is 0.642. The van der Waals surface area contributed by atoms with Gasteiger partial charge in [0.25, 0.3) is 5.56 Å². The Morgan fingerprint density at radius 2 is 1.97 bits per heavy atom. The van der Waals surface area contributed by atoms with Crippen LogP contribution in [-0.4, -0.2) is 33.1 Å². The highest BCUT2D eigenvalue weighted by Gasteiger charge is 2.20. The average molecular weight is 397 g/mol. The van der Waals surface area contributed by atoms with E-state index in [4.69, 9.17) is 9.47 Å². The number of esters is 2. The van der Waals surface area contributed by atoms with Gasteiger partial charge in [0.1, 0.15) is 6.54 Å². The van der Waals surface area contributed by atoms with Crippen LogP contribution in [-0.2, 0) is 20.8 Å². The molecule has 29 heavy (non-hydrogen) atoms. The Morgan fingerprint density at radius 3 is 2.69 bits per heavy atom. The minimum atomic E-state index is -0.736. The largest absolute Gasteiger partial charge is 0.462 e. The van der Waals surface area contributed by atoms with Crippen LogP contribution in [0.25, 0.3) is 10.9 Å². The van der Waals surface area contributed by atoms with Gasteiger partial charge in [0.15, 0.2) is 11.9 Å². The lowest BCUT2D eigenvalue weighted by Crippen LogP contribution is -2.20. The maximum absolute atomic E-state index is 12.5. The van der Waals surface area contributed by atoms with E-state index in [-0.39, 0.29) is 24.5 Å². The molecule has 0 saturated carbocycles. The van der Waals surface area contributed by atoms with E-state index >= 15 is 0 Å². The monoisotopic (exact) mass is 397 g/mol. The lowest BCUT2D eigenvalue weighted by molar-refractivity contribution is -0.149. The molecule has 1 aromatic carbocycles. The van der Waals surface area contributed by atoms with Crippen molar-refractivity contribution in [2.24, 2.45) is 0 Å². The van der Waals surface area contributed by atoms with Crippen LogP contribution in [0, 0.1) is 13.8 Å². The summed E-state index contributed by atoms with van der Waals surface area (Å²) in [5, 5.41) is 0.472. The number of aryl methyl sites for hydroxylation is 1. The van der Waals surface area contributed by atoms with Gasteiger partial charge in [-0.1, -0.05) is 12.1 Å². The first-order valence-corrected chi connectivity index (χ1v) is 9.34. The van der Waals surface area contributed by atoms with Crippen molar-refractivity contribution in [1.29, 1.82) is 0 Å². The van der Waals surface area contributed by atoms with Gasteiger partial charge < -0.3 is 19.0 Å². The number of carbonyl (C=O) groups excluding carboxylic acids is 2. The molecular formula is C21H23N3O5. The lowest BCUT2D eigenvalue weighted by atomic mass is 10.2. The predicted molar refractivity (Wildman–Crippen MR) is 107 cm³/mol. The number of aromatic nitrogens is 3. The van der Waals surface area contributed by atoms with Crippen LogP contribution in [0.2, 0.25) is 0 Å². The fraction of sp³-hybridized carbons (Fsp3) is 0.333. The molecule has 1 atom stereocenters. The Morgan fingerprint density at radius 1 is 1.24 bits per heavy atom. The van der Waals surface area contributed by atoms with E-state index in [0.717, 1.165) is 5.69 Å². The third-order valence-electron chi connectivity index (χ3n) is 4.68. The van der Waals surface area contributed by atoms with Gasteiger partial charge in [0.05, 0.1) is 23.1 Å². The summed E-state index contributed by atoms with van der Waals surface area (Å²) < 4.78 is 12.2. The Bertz CT molecular complexity index is 1130. The number of nitrogens with zero attached hydrogens (tertiary/aromatic N) is 2. The van der Waals surface area contributed by atoms with Crippen molar-refractivity contribution in [3.63, 3.8) is 0 Å². The number of aromatic amines is 1. The topological polar surface area (TPSA) is 103 Å². The fourth-order valence-corrected chi connectivity index (χ4v) is 3.18. The van der Waals surface area contributed by atoms with Crippen LogP contribution in [0.4, 0.5) is 0 Å². The molecule has 3 aromatic rings. The standard InChI is InChI=1S/C21H23N3O5/c1-5-28-21(27)16-10-12(2)24(13(16)3)11-18(25)29-14(4)19-22-17-9-7-6-8-15(17)20(26)23-19/h6-10,14H,5,11H2,1-4H3,(H,22,23,26)/t14-/m1/s1. The van der Waals surface area contributed by atoms with E-state index < -0.39 is 18.0 Å². The maximum atomic E-state index is 12.5. The molecular weight excluding hydrogens is 374 g/mol. The molecule has 3 rings (SSSR count). The second-order valence-corrected chi connectivity index (χ2v) is 6.69. The van der Waals surface area contributed by atoms with E-state index in [9.17, 15) is 14.4 Å². The summed E-state index contributed by atoms with van der Waals surface area (Å²) in [6.45, 7) is 7.14. The normalized spacial score (nSPS) is 12.0. The second kappa shape index (κ2) is 8.30. The summed E-state index contributed by atoms with van der Waals surface area (Å²) in [6.07, 6.45) is -0.736. The summed E-state index contributed by atoms with van der Waals surface area (Å²) >= 11 is 0. The van der Waals surface area contributed by atoms with E-state index in [1.807, 2.05) is 0 Å². The Hall–Kier alpha value is -3.42. The molecule has 0 aliphatic rings. The second-order valence-electron chi connectivity index (χ2n) is 6.69. The van der Waals surface area contributed by atoms with Gasteiger partial charge in [-0.15, -0.1) is 0 Å². The SMILES string of the molecule is CCOC(=O)c1cc(C)n(CC(=O)O[C@H](C)c2nc3ccccc3c(=O)[nH]2)c1C. The van der Waals surface area contributed by atoms with Gasteiger partial charge >= 0.3 is 11.9 Å². The third kappa shape index (κ3) is 4.21. The zero-order valence-corrected chi connectivity index (χ0v) is 16.8. The van der Waals surface area contributed by atoms with E-state index in [1.54, 1.807) is 62.6 Å². The molecule has 2 aromatic heterocycles. The molecule has 8 heteroatoms. The zero-order valence-electron chi connectivity index (χ0n) is 16.8. The first-order chi connectivity index (χ1) is 13.8. The molecule has 0 fully saturated rings. The first kappa shape index (κ1) is 20.3. The van der Waals surface area contributed by atoms with Crippen molar-refractivity contribution in [3.05, 3.63) is 63.5 Å². The molecule has 0 amide bonds. The van der Waals surface area contributed by atoms with Crippen LogP contribution in [0.3, 0.4) is 0 Å². The van der Waals surface area contributed by atoms with Crippen LogP contribution in [0.5, 0.6) is 0 Å². The molecule has 0 aliphatic carbocycles. The Balaban J connectivity index is 1.76. The van der Waals surface area contributed by atoms with Gasteiger partial charge in [0.2, 0.25) is 0 Å². The van der Waals surface area contributed by atoms with Crippen LogP contribution in [0.1, 0.15) is 47.5 Å². The molecule has 152 valence electrons. The zero-order chi connectivity index (χ0) is 21.1. The Kier molecular flexibility index (Phi) is 5.81. The number of nitrogens with one attached hydrogen (secondary N) is 1. The van der Waals surface area contributed by atoms with Gasteiger partial charge in [0, 0.05) is 11.4 Å². The van der Waals surface area contributed by atoms with E-state index in [2.05, 4.69) is 9.97 Å². The fourth-order valence-electron chi connectivity index (χ4n) is 3.18. The maximum Gasteiger partial charge on any atom is 0.339 e. The van der Waals surface area contributed by atoms with Crippen molar-refractivity contribution in [3.8, 4) is 0 Å². The van der Waals surface area contributed by atoms with Gasteiger partial charge in [-0.05, 0) is 45.9 Å². The highest BCUT2D eigenvalue weighted by atomic mass is 16.5. The number of benzene rings is 1. The van der Waals surface area contributed by atoms with Crippen LogP contribution >= 0.6 is 0 Å². The van der Waals surface area contributed by atoms with E-state index in [1.165, 1.54) is 0 Å². The number of rotatable bonds is 6. The van der Waals surface area contributed by atoms with E-state index in [0.29, 0.717) is 22.2 Å². The predicted octanol–water partition coefficient (Wildman–Crippen LogP) is 2.82. The highest BCUT2D eigenvalue weighted by molar-refractivity contribution is 5.91. The molecule has 2 heterocycles. The number of hydrogen-bond acceptors (Lipinski definition) is 6. The summed E-state index contributed by atoms with van der Waals surface area (Å²) in [4.78, 5) is 43.7. The molecule has 0 bridgehead atoms. The molecule has 1 N–H and O–H groups in total. The first-order valence-electron chi connectivity index (χ1n) is 9.34. The molecule has 0 spiro atoms. The Labute approximate surface area is 167 Å². The summed E-state index contributed by atoms with van der Waals surface area (Å²) in [7, 11) is 0. The highest BCUT2D eigenvalue weighted by Crippen LogP contribution is 2.18. The minimum Gasteiger partial charge on any atom is -0.462 e. The number of ether oxygens (including phenoxy) is 2. The molecule has 0 unspecified atom stereocenters. The molecule has 8 nitrogen and oxygen atoms in total. The molecule has 0 radical (unpaired) electrons.